The Hall–Kier alpha value is -2.13. The van der Waals surface area contributed by atoms with Gasteiger partial charge in [-0.2, -0.15) is 5.10 Å². The second kappa shape index (κ2) is 7.93. The predicted molar refractivity (Wildman–Crippen MR) is 91.9 cm³/mol. The van der Waals surface area contributed by atoms with Gasteiger partial charge in [0.25, 0.3) is 0 Å². The quantitative estimate of drug-likeness (QED) is 0.548. The van der Waals surface area contributed by atoms with Gasteiger partial charge in [0.2, 0.25) is 5.13 Å². The van der Waals surface area contributed by atoms with E-state index in [0.29, 0.717) is 22.2 Å². The lowest BCUT2D eigenvalue weighted by molar-refractivity contribution is -0.139. The van der Waals surface area contributed by atoms with Crippen molar-refractivity contribution in [2.75, 3.05) is 19.1 Å². The third-order valence-electron chi connectivity index (χ3n) is 2.59. The summed E-state index contributed by atoms with van der Waals surface area (Å²) in [5, 5.41) is 15.4. The van der Waals surface area contributed by atoms with Crippen LogP contribution in [0.5, 0.6) is 11.5 Å². The van der Waals surface area contributed by atoms with Gasteiger partial charge in [0.05, 0.1) is 19.0 Å². The van der Waals surface area contributed by atoms with Crippen LogP contribution in [0.1, 0.15) is 11.3 Å². The molecule has 0 atom stereocenters. The van der Waals surface area contributed by atoms with Gasteiger partial charge in [-0.1, -0.05) is 15.9 Å². The lowest BCUT2D eigenvalue weighted by atomic mass is 10.2. The number of hydrazone groups is 1. The second-order valence-corrected chi connectivity index (χ2v) is 6.15. The Balaban J connectivity index is 2.23. The molecule has 1 heterocycles. The molecule has 0 aliphatic rings. The number of aromatic nitrogens is 1. The number of methoxy groups -OCH3 is 1. The number of benzene rings is 1. The van der Waals surface area contributed by atoms with Crippen molar-refractivity contribution in [3.8, 4) is 11.5 Å². The maximum Gasteiger partial charge on any atom is 0.341 e. The smallest absolute Gasteiger partial charge is 0.341 e. The number of anilines is 1. The zero-order valence-corrected chi connectivity index (χ0v) is 14.8. The third-order valence-corrected chi connectivity index (χ3v) is 3.91. The normalized spacial score (nSPS) is 10.7. The van der Waals surface area contributed by atoms with Gasteiger partial charge < -0.3 is 14.6 Å². The molecule has 2 N–H and O–H groups in total. The number of carboxylic acids is 1. The van der Waals surface area contributed by atoms with Crippen molar-refractivity contribution in [3.63, 3.8) is 0 Å². The average Bonchev–Trinajstić information content (AvgIpc) is 2.91. The first-order valence-electron chi connectivity index (χ1n) is 6.43. The first-order valence-corrected chi connectivity index (χ1v) is 8.10. The van der Waals surface area contributed by atoms with Crippen LogP contribution < -0.4 is 14.9 Å². The van der Waals surface area contributed by atoms with E-state index in [1.807, 2.05) is 12.3 Å². The molecule has 1 aromatic carbocycles. The molecule has 0 amide bonds. The molecular weight excluding hydrogens is 386 g/mol. The van der Waals surface area contributed by atoms with Crippen molar-refractivity contribution in [1.29, 1.82) is 0 Å². The largest absolute Gasteiger partial charge is 0.493 e. The SMILES string of the molecule is COc1cc(Br)cc(C=NNc2nc(C)cs2)c1OCC(=O)O. The molecule has 2 rings (SSSR count). The Morgan fingerprint density at radius 1 is 1.57 bits per heavy atom. The Labute approximate surface area is 145 Å². The van der Waals surface area contributed by atoms with Crippen molar-refractivity contribution in [3.05, 3.63) is 33.2 Å². The number of ether oxygens (including phenoxy) is 2. The van der Waals surface area contributed by atoms with E-state index in [9.17, 15) is 4.79 Å². The molecule has 0 fully saturated rings. The molecule has 23 heavy (non-hydrogen) atoms. The monoisotopic (exact) mass is 399 g/mol. The zero-order chi connectivity index (χ0) is 16.8. The number of thiazole rings is 1. The van der Waals surface area contributed by atoms with Crippen molar-refractivity contribution in [2.45, 2.75) is 6.92 Å². The average molecular weight is 400 g/mol. The Bertz CT molecular complexity index is 733. The summed E-state index contributed by atoms with van der Waals surface area (Å²) in [5.41, 5.74) is 4.28. The summed E-state index contributed by atoms with van der Waals surface area (Å²) in [7, 11) is 1.48. The second-order valence-electron chi connectivity index (χ2n) is 4.37. The lowest BCUT2D eigenvalue weighted by Crippen LogP contribution is -2.11. The Kier molecular flexibility index (Phi) is 5.94. The van der Waals surface area contributed by atoms with Crippen LogP contribution in [0.25, 0.3) is 0 Å². The number of aliphatic carboxylic acids is 1. The van der Waals surface area contributed by atoms with Crippen LogP contribution in [0.2, 0.25) is 0 Å². The summed E-state index contributed by atoms with van der Waals surface area (Å²) < 4.78 is 11.3. The first kappa shape index (κ1) is 17.2. The molecule has 0 unspecified atom stereocenters. The minimum absolute atomic E-state index is 0.305. The van der Waals surface area contributed by atoms with Crippen molar-refractivity contribution in [2.24, 2.45) is 5.10 Å². The fraction of sp³-hybridized carbons (Fsp3) is 0.214. The van der Waals surface area contributed by atoms with Gasteiger partial charge in [-0.15, -0.1) is 11.3 Å². The van der Waals surface area contributed by atoms with Gasteiger partial charge in [-0.3, -0.25) is 5.43 Å². The number of carbonyl (C=O) groups is 1. The molecule has 0 radical (unpaired) electrons. The zero-order valence-electron chi connectivity index (χ0n) is 12.4. The van der Waals surface area contributed by atoms with Crippen LogP contribution in [0.4, 0.5) is 5.13 Å². The van der Waals surface area contributed by atoms with Crippen LogP contribution in [-0.2, 0) is 4.79 Å². The van der Waals surface area contributed by atoms with Crippen molar-refractivity contribution >= 4 is 44.6 Å². The molecule has 0 saturated heterocycles. The van der Waals surface area contributed by atoms with Gasteiger partial charge >= 0.3 is 5.97 Å². The van der Waals surface area contributed by atoms with Crippen LogP contribution in [-0.4, -0.2) is 36.0 Å². The van der Waals surface area contributed by atoms with E-state index in [2.05, 4.69) is 31.4 Å². The van der Waals surface area contributed by atoms with Crippen LogP contribution in [0.3, 0.4) is 0 Å². The van der Waals surface area contributed by atoms with E-state index in [-0.39, 0.29) is 0 Å². The van der Waals surface area contributed by atoms with E-state index in [1.54, 1.807) is 12.1 Å². The van der Waals surface area contributed by atoms with Gasteiger partial charge in [0, 0.05) is 15.4 Å². The number of rotatable bonds is 7. The summed E-state index contributed by atoms with van der Waals surface area (Å²) in [6.45, 7) is 1.42. The summed E-state index contributed by atoms with van der Waals surface area (Å²) in [4.78, 5) is 14.9. The molecule has 2 aromatic rings. The number of nitrogens with one attached hydrogen (secondary N) is 1. The topological polar surface area (TPSA) is 93.0 Å². The molecule has 0 spiro atoms. The molecule has 9 heteroatoms. The minimum atomic E-state index is -1.07. The van der Waals surface area contributed by atoms with Crippen LogP contribution >= 0.6 is 27.3 Å². The fourth-order valence-corrected chi connectivity index (χ4v) is 2.78. The predicted octanol–water partition coefficient (Wildman–Crippen LogP) is 3.13. The molecule has 0 bridgehead atoms. The van der Waals surface area contributed by atoms with Crippen LogP contribution in [0.15, 0.2) is 27.1 Å². The molecule has 1 aromatic heterocycles. The fourth-order valence-electron chi connectivity index (χ4n) is 1.69. The van der Waals surface area contributed by atoms with Crippen LogP contribution in [0, 0.1) is 6.92 Å². The van der Waals surface area contributed by atoms with Crippen molar-refractivity contribution in [1.82, 2.24) is 4.98 Å². The molecule has 122 valence electrons. The summed E-state index contributed by atoms with van der Waals surface area (Å²) in [6, 6.07) is 3.43. The number of hydrogen-bond donors (Lipinski definition) is 2. The number of halogens is 1. The Morgan fingerprint density at radius 3 is 2.96 bits per heavy atom. The van der Waals surface area contributed by atoms with Gasteiger partial charge in [-0.25, -0.2) is 9.78 Å². The van der Waals surface area contributed by atoms with Crippen molar-refractivity contribution < 1.29 is 19.4 Å². The van der Waals surface area contributed by atoms with Gasteiger partial charge in [-0.05, 0) is 19.1 Å². The molecular formula is C14H14BrN3O4S. The van der Waals surface area contributed by atoms with E-state index < -0.39 is 12.6 Å². The van der Waals surface area contributed by atoms with Gasteiger partial charge in [0.1, 0.15) is 0 Å². The highest BCUT2D eigenvalue weighted by Gasteiger charge is 2.13. The molecule has 0 aliphatic heterocycles. The maximum absolute atomic E-state index is 10.7. The summed E-state index contributed by atoms with van der Waals surface area (Å²) in [5.74, 6) is -0.361. The lowest BCUT2D eigenvalue weighted by Gasteiger charge is -2.12. The number of aryl methyl sites for hydroxylation is 1. The highest BCUT2D eigenvalue weighted by atomic mass is 79.9. The highest BCUT2D eigenvalue weighted by molar-refractivity contribution is 9.10. The maximum atomic E-state index is 10.7. The van der Waals surface area contributed by atoms with E-state index in [0.717, 1.165) is 10.2 Å². The van der Waals surface area contributed by atoms with E-state index in [1.165, 1.54) is 24.7 Å². The molecule has 0 saturated carbocycles. The minimum Gasteiger partial charge on any atom is -0.493 e. The molecule has 7 nitrogen and oxygen atoms in total. The standard InChI is InChI=1S/C14H14BrN3O4S/c1-8-7-23-14(17-8)18-16-5-9-3-10(15)4-11(21-2)13(9)22-6-12(19)20/h3-5,7H,6H2,1-2H3,(H,17,18)(H,19,20). The first-order chi connectivity index (χ1) is 11.0. The highest BCUT2D eigenvalue weighted by Crippen LogP contribution is 2.34. The van der Waals surface area contributed by atoms with E-state index >= 15 is 0 Å². The summed E-state index contributed by atoms with van der Waals surface area (Å²) in [6.07, 6.45) is 1.52. The van der Waals surface area contributed by atoms with E-state index in [4.69, 9.17) is 14.6 Å². The number of carboxylic acid groups (broad SMARTS) is 1. The Morgan fingerprint density at radius 2 is 2.35 bits per heavy atom. The third kappa shape index (κ3) is 4.93. The van der Waals surface area contributed by atoms with Gasteiger partial charge in [0.15, 0.2) is 18.1 Å². The summed E-state index contributed by atoms with van der Waals surface area (Å²) >= 11 is 4.80. The number of hydrogen-bond acceptors (Lipinski definition) is 7. The molecule has 0 aliphatic carbocycles. The number of nitrogens with zero attached hydrogens (tertiary/aromatic N) is 2.